The van der Waals surface area contributed by atoms with Gasteiger partial charge in [0, 0.05) is 17.9 Å². The summed E-state index contributed by atoms with van der Waals surface area (Å²) < 4.78 is 11.1. The number of fused-ring (bicyclic) bond motifs is 1. The molecule has 0 unspecified atom stereocenters. The number of thioether (sulfide) groups is 1. The van der Waals surface area contributed by atoms with Crippen molar-refractivity contribution in [3.8, 4) is 11.5 Å². The number of hydrogen-bond donors (Lipinski definition) is 1. The number of amidine groups is 1. The van der Waals surface area contributed by atoms with Crippen LogP contribution in [0.15, 0.2) is 28.3 Å². The third-order valence-electron chi connectivity index (χ3n) is 2.99. The average Bonchev–Trinajstić information content (AvgIpc) is 2.53. The molecule has 0 saturated carbocycles. The average molecular weight is 291 g/mol. The Balaban J connectivity index is 1.75. The molecular weight excluding hydrogens is 274 g/mol. The van der Waals surface area contributed by atoms with Crippen LogP contribution in [0.2, 0.25) is 0 Å². The number of ether oxygens (including phenoxy) is 2. The Morgan fingerprint density at radius 2 is 2.15 bits per heavy atom. The van der Waals surface area contributed by atoms with Crippen LogP contribution in [0.1, 0.15) is 18.9 Å². The van der Waals surface area contributed by atoms with Gasteiger partial charge in [0.25, 0.3) is 0 Å². The highest BCUT2D eigenvalue weighted by molar-refractivity contribution is 8.14. The van der Waals surface area contributed by atoms with Crippen LogP contribution < -0.4 is 14.9 Å². The first-order valence-electron chi connectivity index (χ1n) is 6.76. The van der Waals surface area contributed by atoms with Gasteiger partial charge in [-0.3, -0.25) is 10.4 Å². The van der Waals surface area contributed by atoms with E-state index in [0.29, 0.717) is 13.2 Å². The van der Waals surface area contributed by atoms with Crippen molar-refractivity contribution in [3.63, 3.8) is 0 Å². The summed E-state index contributed by atoms with van der Waals surface area (Å²) in [5.74, 6) is 2.42. The van der Waals surface area contributed by atoms with E-state index in [1.807, 2.05) is 18.2 Å². The fourth-order valence-electron chi connectivity index (χ4n) is 1.98. The maximum atomic E-state index is 5.60. The molecule has 1 aromatic rings. The highest BCUT2D eigenvalue weighted by atomic mass is 32.2. The number of benzene rings is 1. The Bertz CT molecular complexity index is 557. The molecule has 2 heterocycles. The second-order valence-electron chi connectivity index (χ2n) is 4.50. The van der Waals surface area contributed by atoms with E-state index >= 15 is 0 Å². The molecule has 0 saturated heterocycles. The van der Waals surface area contributed by atoms with Crippen LogP contribution in [-0.4, -0.2) is 36.4 Å². The molecule has 0 bridgehead atoms. The third-order valence-corrected chi connectivity index (χ3v) is 3.90. The van der Waals surface area contributed by atoms with Gasteiger partial charge in [-0.25, -0.2) is 0 Å². The fourth-order valence-corrected chi connectivity index (χ4v) is 2.78. The van der Waals surface area contributed by atoms with Crippen LogP contribution in [0.25, 0.3) is 0 Å². The van der Waals surface area contributed by atoms with Gasteiger partial charge in [0.15, 0.2) is 16.7 Å². The minimum Gasteiger partial charge on any atom is -0.486 e. The zero-order valence-corrected chi connectivity index (χ0v) is 12.2. The van der Waals surface area contributed by atoms with Gasteiger partial charge in [-0.15, -0.1) is 0 Å². The molecule has 106 valence electrons. The standard InChI is InChI=1S/C14H17N3O2S/c1-2-5-15-14-17-16-11(9-20-14)10-3-4-12-13(8-10)19-7-6-18-12/h3-4,8H,2,5-7,9H2,1H3,(H,15,17). The van der Waals surface area contributed by atoms with E-state index in [1.54, 1.807) is 11.8 Å². The Hall–Kier alpha value is -1.69. The molecule has 1 aromatic carbocycles. The second kappa shape index (κ2) is 6.17. The summed E-state index contributed by atoms with van der Waals surface area (Å²) in [6, 6.07) is 5.95. The maximum absolute atomic E-state index is 5.60. The van der Waals surface area contributed by atoms with Gasteiger partial charge in [0.2, 0.25) is 0 Å². The molecule has 2 aliphatic heterocycles. The molecule has 1 N–H and O–H groups in total. The zero-order chi connectivity index (χ0) is 13.8. The Morgan fingerprint density at radius 3 is 2.90 bits per heavy atom. The van der Waals surface area contributed by atoms with Gasteiger partial charge >= 0.3 is 0 Å². The zero-order valence-electron chi connectivity index (χ0n) is 11.4. The minimum atomic E-state index is 0.601. The lowest BCUT2D eigenvalue weighted by Crippen LogP contribution is -2.25. The number of rotatable bonds is 3. The smallest absolute Gasteiger partial charge is 0.177 e. The molecule has 0 radical (unpaired) electrons. The van der Waals surface area contributed by atoms with Crippen molar-refractivity contribution in [2.45, 2.75) is 13.3 Å². The number of hydrogen-bond acceptors (Lipinski definition) is 5. The van der Waals surface area contributed by atoms with E-state index in [9.17, 15) is 0 Å². The third kappa shape index (κ3) is 2.90. The summed E-state index contributed by atoms with van der Waals surface area (Å²) in [4.78, 5) is 4.42. The molecule has 20 heavy (non-hydrogen) atoms. The van der Waals surface area contributed by atoms with Gasteiger partial charge in [0.05, 0.1) is 5.71 Å². The van der Waals surface area contributed by atoms with Gasteiger partial charge in [-0.1, -0.05) is 18.7 Å². The molecule has 0 amide bonds. The van der Waals surface area contributed by atoms with Crippen molar-refractivity contribution < 1.29 is 9.47 Å². The molecule has 0 aromatic heterocycles. The predicted molar refractivity (Wildman–Crippen MR) is 82.2 cm³/mol. The van der Waals surface area contributed by atoms with Crippen LogP contribution >= 0.6 is 11.8 Å². The molecule has 0 atom stereocenters. The number of nitrogens with zero attached hydrogens (tertiary/aromatic N) is 2. The van der Waals surface area contributed by atoms with E-state index < -0.39 is 0 Å². The van der Waals surface area contributed by atoms with Crippen molar-refractivity contribution in [2.24, 2.45) is 10.1 Å². The summed E-state index contributed by atoms with van der Waals surface area (Å²) in [5.41, 5.74) is 5.07. The lowest BCUT2D eigenvalue weighted by molar-refractivity contribution is 0.171. The minimum absolute atomic E-state index is 0.601. The summed E-state index contributed by atoms with van der Waals surface area (Å²) in [5, 5.41) is 5.30. The quantitative estimate of drug-likeness (QED) is 0.928. The molecule has 2 aliphatic rings. The molecular formula is C14H17N3O2S. The van der Waals surface area contributed by atoms with Gasteiger partial charge in [-0.2, -0.15) is 5.10 Å². The normalized spacial score (nSPS) is 19.4. The molecule has 0 aliphatic carbocycles. The van der Waals surface area contributed by atoms with Crippen LogP contribution in [0.4, 0.5) is 0 Å². The maximum Gasteiger partial charge on any atom is 0.177 e. The van der Waals surface area contributed by atoms with Crippen molar-refractivity contribution in [3.05, 3.63) is 23.8 Å². The van der Waals surface area contributed by atoms with Crippen molar-refractivity contribution in [1.29, 1.82) is 0 Å². The second-order valence-corrected chi connectivity index (χ2v) is 5.47. The number of aliphatic imine (C=N–C) groups is 1. The van der Waals surface area contributed by atoms with Crippen molar-refractivity contribution in [2.75, 3.05) is 25.5 Å². The SMILES string of the molecule is CCCN=C1NN=C(c2ccc3c(c2)OCCO3)CS1. The Morgan fingerprint density at radius 1 is 1.30 bits per heavy atom. The van der Waals surface area contributed by atoms with E-state index in [2.05, 4.69) is 22.4 Å². The van der Waals surface area contributed by atoms with E-state index in [0.717, 1.165) is 46.7 Å². The van der Waals surface area contributed by atoms with Crippen LogP contribution in [-0.2, 0) is 0 Å². The molecule has 0 spiro atoms. The monoisotopic (exact) mass is 291 g/mol. The fraction of sp³-hybridized carbons (Fsp3) is 0.429. The van der Waals surface area contributed by atoms with Crippen molar-refractivity contribution >= 4 is 22.6 Å². The molecule has 5 nitrogen and oxygen atoms in total. The summed E-state index contributed by atoms with van der Waals surface area (Å²) in [6.07, 6.45) is 1.05. The first-order valence-corrected chi connectivity index (χ1v) is 7.75. The van der Waals surface area contributed by atoms with Crippen LogP contribution in [0, 0.1) is 0 Å². The van der Waals surface area contributed by atoms with Crippen LogP contribution in [0.5, 0.6) is 11.5 Å². The van der Waals surface area contributed by atoms with E-state index in [1.165, 1.54) is 0 Å². The van der Waals surface area contributed by atoms with Gasteiger partial charge in [0.1, 0.15) is 13.2 Å². The highest BCUT2D eigenvalue weighted by Crippen LogP contribution is 2.31. The Labute approximate surface area is 122 Å². The summed E-state index contributed by atoms with van der Waals surface area (Å²) in [6.45, 7) is 4.16. The molecule has 0 fully saturated rings. The number of hydrazone groups is 1. The van der Waals surface area contributed by atoms with Crippen LogP contribution in [0.3, 0.4) is 0 Å². The number of nitrogens with one attached hydrogen (secondary N) is 1. The summed E-state index contributed by atoms with van der Waals surface area (Å²) >= 11 is 1.68. The summed E-state index contributed by atoms with van der Waals surface area (Å²) in [7, 11) is 0. The van der Waals surface area contributed by atoms with Crippen molar-refractivity contribution in [1.82, 2.24) is 5.43 Å². The first-order chi connectivity index (χ1) is 9.86. The van der Waals surface area contributed by atoms with Gasteiger partial charge in [-0.05, 0) is 24.6 Å². The molecule has 3 rings (SSSR count). The van der Waals surface area contributed by atoms with E-state index in [4.69, 9.17) is 9.47 Å². The topological polar surface area (TPSA) is 55.2 Å². The van der Waals surface area contributed by atoms with Gasteiger partial charge < -0.3 is 9.47 Å². The first kappa shape index (κ1) is 13.3. The van der Waals surface area contributed by atoms with E-state index in [-0.39, 0.29) is 0 Å². The highest BCUT2D eigenvalue weighted by Gasteiger charge is 2.17. The molecule has 6 heteroatoms. The Kier molecular flexibility index (Phi) is 4.11. The predicted octanol–water partition coefficient (Wildman–Crippen LogP) is 2.26. The lowest BCUT2D eigenvalue weighted by Gasteiger charge is -2.20. The largest absolute Gasteiger partial charge is 0.486 e. The lowest BCUT2D eigenvalue weighted by atomic mass is 10.1.